The molecule has 0 aromatic heterocycles. The molecule has 1 aliphatic rings. The summed E-state index contributed by atoms with van der Waals surface area (Å²) in [6.45, 7) is 4.36. The Morgan fingerprint density at radius 1 is 0.818 bits per heavy atom. The van der Waals surface area contributed by atoms with E-state index in [0.717, 1.165) is 0 Å². The van der Waals surface area contributed by atoms with Gasteiger partial charge in [-0.3, -0.25) is 0 Å². The van der Waals surface area contributed by atoms with Gasteiger partial charge in [-0.1, -0.05) is 38.8 Å². The number of hydrogen-bond acceptors (Lipinski definition) is 1. The monoisotopic (exact) mass is 151 g/mol. The molecule has 0 amide bonds. The lowest BCUT2D eigenvalue weighted by molar-refractivity contribution is 0.886. The lowest BCUT2D eigenvalue weighted by atomic mass is 10.4. The molecule has 0 radical (unpaired) electrons. The highest BCUT2D eigenvalue weighted by molar-refractivity contribution is 5.14. The summed E-state index contributed by atoms with van der Waals surface area (Å²) in [6, 6.07) is 0. The fourth-order valence-electron chi connectivity index (χ4n) is 0.406. The van der Waals surface area contributed by atoms with Gasteiger partial charge in [0.15, 0.2) is 0 Å². The van der Waals surface area contributed by atoms with Crippen molar-refractivity contribution in [2.45, 2.75) is 26.7 Å². The van der Waals surface area contributed by atoms with E-state index in [4.69, 9.17) is 0 Å². The Morgan fingerprint density at radius 3 is 1.64 bits per heavy atom. The van der Waals surface area contributed by atoms with Crippen LogP contribution in [0.5, 0.6) is 0 Å². The van der Waals surface area contributed by atoms with Gasteiger partial charge in [-0.05, 0) is 12.2 Å². The predicted octanol–water partition coefficient (Wildman–Crippen LogP) is 2.98. The second-order valence-electron chi connectivity index (χ2n) is 2.27. The zero-order valence-electron chi connectivity index (χ0n) is 7.38. The molecule has 0 atom stereocenters. The fourth-order valence-corrected chi connectivity index (χ4v) is 0.406. The van der Waals surface area contributed by atoms with Crippen LogP contribution in [0.4, 0.5) is 0 Å². The van der Waals surface area contributed by atoms with Gasteiger partial charge in [-0.2, -0.15) is 0 Å². The van der Waals surface area contributed by atoms with Gasteiger partial charge in [-0.15, -0.1) is 0 Å². The Morgan fingerprint density at radius 2 is 1.27 bits per heavy atom. The molecule has 1 N–H and O–H groups in total. The molecular formula is C10H17N. The largest absolute Gasteiger partial charge is 0.368 e. The van der Waals surface area contributed by atoms with Crippen LogP contribution in [0.3, 0.4) is 0 Å². The van der Waals surface area contributed by atoms with Gasteiger partial charge in [-0.25, -0.2) is 0 Å². The van der Waals surface area contributed by atoms with E-state index < -0.39 is 0 Å². The molecule has 0 unspecified atom stereocenters. The molecule has 0 aliphatic carbocycles. The highest BCUT2D eigenvalue weighted by atomic mass is 14.8. The first-order valence-corrected chi connectivity index (χ1v) is 4.16. The normalized spacial score (nSPS) is 12.9. The number of hydrogen-bond donors (Lipinski definition) is 1. The standard InChI is InChI=1S/C6H7N.C4H10/c1-2-4-6-7-5-3-1;1-3-4-2/h1-7H;3-4H2,1-2H3. The molecule has 0 saturated heterocycles. The van der Waals surface area contributed by atoms with E-state index in [1.807, 2.05) is 36.7 Å². The van der Waals surface area contributed by atoms with Crippen LogP contribution in [0.1, 0.15) is 26.7 Å². The highest BCUT2D eigenvalue weighted by Gasteiger charge is 1.67. The molecule has 1 heterocycles. The summed E-state index contributed by atoms with van der Waals surface area (Å²) >= 11 is 0. The van der Waals surface area contributed by atoms with Crippen molar-refractivity contribution in [3.05, 3.63) is 36.7 Å². The Kier molecular flexibility index (Phi) is 8.22. The third kappa shape index (κ3) is 9.02. The third-order valence-corrected chi connectivity index (χ3v) is 1.22. The molecule has 1 nitrogen and oxygen atoms in total. The van der Waals surface area contributed by atoms with E-state index in [2.05, 4.69) is 19.2 Å². The number of rotatable bonds is 1. The second kappa shape index (κ2) is 9.02. The molecular weight excluding hydrogens is 134 g/mol. The Hall–Kier alpha value is -0.980. The Labute approximate surface area is 69.5 Å². The van der Waals surface area contributed by atoms with Crippen LogP contribution in [-0.2, 0) is 0 Å². The van der Waals surface area contributed by atoms with E-state index in [0.29, 0.717) is 0 Å². The molecule has 1 heteroatoms. The zero-order valence-corrected chi connectivity index (χ0v) is 7.38. The summed E-state index contributed by atoms with van der Waals surface area (Å²) in [5, 5.41) is 2.92. The smallest absolute Gasteiger partial charge is 0.000442 e. The van der Waals surface area contributed by atoms with Crippen LogP contribution in [-0.4, -0.2) is 0 Å². The molecule has 0 spiro atoms. The molecule has 0 aromatic rings. The van der Waals surface area contributed by atoms with Crippen LogP contribution < -0.4 is 5.32 Å². The minimum atomic E-state index is 1.32. The molecule has 0 saturated carbocycles. The van der Waals surface area contributed by atoms with E-state index in [9.17, 15) is 0 Å². The second-order valence-corrected chi connectivity index (χ2v) is 2.27. The lowest BCUT2D eigenvalue weighted by Gasteiger charge is -1.79. The fraction of sp³-hybridized carbons (Fsp3) is 0.400. The topological polar surface area (TPSA) is 12.0 Å². The molecule has 0 bridgehead atoms. The summed E-state index contributed by atoms with van der Waals surface area (Å²) in [5.74, 6) is 0. The number of allylic oxidation sites excluding steroid dienone is 4. The van der Waals surface area contributed by atoms with Gasteiger partial charge < -0.3 is 5.32 Å². The minimum Gasteiger partial charge on any atom is -0.368 e. The van der Waals surface area contributed by atoms with Crippen LogP contribution in [0.2, 0.25) is 0 Å². The maximum atomic E-state index is 2.92. The van der Waals surface area contributed by atoms with Crippen molar-refractivity contribution >= 4 is 0 Å². The van der Waals surface area contributed by atoms with Crippen molar-refractivity contribution in [2.75, 3.05) is 0 Å². The molecule has 1 aliphatic heterocycles. The summed E-state index contributed by atoms with van der Waals surface area (Å²) in [4.78, 5) is 0. The number of unbranched alkanes of at least 4 members (excludes halogenated alkanes) is 1. The summed E-state index contributed by atoms with van der Waals surface area (Å²) in [5.41, 5.74) is 0. The quantitative estimate of drug-likeness (QED) is 0.607. The average Bonchev–Trinajstić information content (AvgIpc) is 2.35. The van der Waals surface area contributed by atoms with Crippen molar-refractivity contribution in [1.29, 1.82) is 0 Å². The third-order valence-electron chi connectivity index (χ3n) is 1.22. The van der Waals surface area contributed by atoms with E-state index in [-0.39, 0.29) is 0 Å². The first-order valence-electron chi connectivity index (χ1n) is 4.16. The SMILES string of the molecule is C1=CC=CNC=C1.CCCC. The zero-order chi connectivity index (χ0) is 8.36. The predicted molar refractivity (Wildman–Crippen MR) is 51.1 cm³/mol. The molecule has 62 valence electrons. The molecule has 0 fully saturated rings. The van der Waals surface area contributed by atoms with Gasteiger partial charge in [0.25, 0.3) is 0 Å². The minimum absolute atomic E-state index is 1.32. The Bertz CT molecular complexity index is 127. The van der Waals surface area contributed by atoms with Crippen molar-refractivity contribution in [1.82, 2.24) is 5.32 Å². The van der Waals surface area contributed by atoms with Gasteiger partial charge in [0.2, 0.25) is 0 Å². The van der Waals surface area contributed by atoms with Crippen molar-refractivity contribution in [3.63, 3.8) is 0 Å². The van der Waals surface area contributed by atoms with Gasteiger partial charge >= 0.3 is 0 Å². The van der Waals surface area contributed by atoms with Gasteiger partial charge in [0.1, 0.15) is 0 Å². The average molecular weight is 151 g/mol. The van der Waals surface area contributed by atoms with Crippen molar-refractivity contribution < 1.29 is 0 Å². The van der Waals surface area contributed by atoms with E-state index >= 15 is 0 Å². The molecule has 1 rings (SSSR count). The van der Waals surface area contributed by atoms with Gasteiger partial charge in [0.05, 0.1) is 0 Å². The van der Waals surface area contributed by atoms with Crippen LogP contribution in [0.25, 0.3) is 0 Å². The van der Waals surface area contributed by atoms with Crippen molar-refractivity contribution in [2.24, 2.45) is 0 Å². The maximum absolute atomic E-state index is 2.92. The van der Waals surface area contributed by atoms with Crippen LogP contribution in [0.15, 0.2) is 36.7 Å². The summed E-state index contributed by atoms with van der Waals surface area (Å²) in [6.07, 6.45) is 14.2. The lowest BCUT2D eigenvalue weighted by Crippen LogP contribution is -1.87. The summed E-state index contributed by atoms with van der Waals surface area (Å²) < 4.78 is 0. The molecule has 11 heavy (non-hydrogen) atoms. The van der Waals surface area contributed by atoms with Gasteiger partial charge in [0, 0.05) is 12.4 Å². The Balaban J connectivity index is 0.000000218. The van der Waals surface area contributed by atoms with E-state index in [1.165, 1.54) is 12.8 Å². The number of nitrogens with one attached hydrogen (secondary N) is 1. The highest BCUT2D eigenvalue weighted by Crippen LogP contribution is 1.81. The van der Waals surface area contributed by atoms with Crippen LogP contribution >= 0.6 is 0 Å². The van der Waals surface area contributed by atoms with Crippen molar-refractivity contribution in [3.8, 4) is 0 Å². The molecule has 0 aromatic carbocycles. The summed E-state index contributed by atoms with van der Waals surface area (Å²) in [7, 11) is 0. The maximum Gasteiger partial charge on any atom is 0.000442 e. The van der Waals surface area contributed by atoms with E-state index in [1.54, 1.807) is 0 Å². The van der Waals surface area contributed by atoms with Crippen LogP contribution in [0, 0.1) is 0 Å². The first kappa shape index (κ1) is 10.0. The first-order chi connectivity index (χ1) is 5.41.